The van der Waals surface area contributed by atoms with Crippen LogP contribution in [0.4, 0.5) is 5.69 Å². The van der Waals surface area contributed by atoms with E-state index in [-0.39, 0.29) is 17.9 Å². The molecule has 10 heteroatoms. The van der Waals surface area contributed by atoms with E-state index in [9.17, 15) is 14.9 Å². The number of piperidine rings is 1. The largest absolute Gasteiger partial charge is 0.494 e. The zero-order chi connectivity index (χ0) is 25.9. The fourth-order valence-electron chi connectivity index (χ4n) is 4.57. The third-order valence-electron chi connectivity index (χ3n) is 6.56. The lowest BCUT2D eigenvalue weighted by Crippen LogP contribution is -2.39. The van der Waals surface area contributed by atoms with E-state index in [4.69, 9.17) is 4.74 Å². The molecule has 2 amide bonds. The van der Waals surface area contributed by atoms with Crippen LogP contribution < -0.4 is 10.1 Å². The summed E-state index contributed by atoms with van der Waals surface area (Å²) in [7, 11) is 1.57. The summed E-state index contributed by atoms with van der Waals surface area (Å²) in [5.41, 5.74) is 4.08. The van der Waals surface area contributed by atoms with Crippen molar-refractivity contribution in [1.29, 1.82) is 5.26 Å². The number of carbonyl (C=O) groups is 2. The zero-order valence-corrected chi connectivity index (χ0v) is 20.3. The van der Waals surface area contributed by atoms with Gasteiger partial charge in [-0.25, -0.2) is 4.52 Å². The number of hydrogen-bond acceptors (Lipinski definition) is 6. The van der Waals surface area contributed by atoms with Crippen LogP contribution in [0.5, 0.6) is 5.75 Å². The van der Waals surface area contributed by atoms with E-state index in [2.05, 4.69) is 28.2 Å². The molecule has 1 aliphatic heterocycles. The minimum Gasteiger partial charge on any atom is -0.494 e. The van der Waals surface area contributed by atoms with Crippen LogP contribution in [0.15, 0.2) is 67.8 Å². The molecule has 4 aromatic rings. The van der Waals surface area contributed by atoms with Crippen LogP contribution in [0.3, 0.4) is 0 Å². The van der Waals surface area contributed by atoms with Crippen molar-refractivity contribution >= 4 is 23.0 Å². The Bertz CT molecular complexity index is 1520. The molecule has 37 heavy (non-hydrogen) atoms. The summed E-state index contributed by atoms with van der Waals surface area (Å²) < 4.78 is 9.11. The van der Waals surface area contributed by atoms with Gasteiger partial charge in [0.1, 0.15) is 22.9 Å². The lowest BCUT2D eigenvalue weighted by atomic mass is 10.0. The molecule has 0 aliphatic carbocycles. The van der Waals surface area contributed by atoms with E-state index in [0.717, 1.165) is 24.0 Å². The normalized spacial score (nSPS) is 13.8. The van der Waals surface area contributed by atoms with Crippen molar-refractivity contribution in [3.8, 4) is 22.9 Å². The van der Waals surface area contributed by atoms with Gasteiger partial charge < -0.3 is 15.0 Å². The molecule has 10 nitrogen and oxygen atoms in total. The van der Waals surface area contributed by atoms with Crippen LogP contribution in [0, 0.1) is 11.3 Å². The van der Waals surface area contributed by atoms with Gasteiger partial charge in [-0.2, -0.15) is 15.5 Å². The predicted octanol–water partition coefficient (Wildman–Crippen LogP) is 3.68. The molecule has 1 aromatic carbocycles. The Balaban J connectivity index is 1.25. The Morgan fingerprint density at radius 3 is 2.57 bits per heavy atom. The molecular weight excluding hydrogens is 470 g/mol. The number of carbonyl (C=O) groups excluding carboxylic acids is 2. The third kappa shape index (κ3) is 4.67. The molecule has 0 bridgehead atoms. The number of fused-ring (bicyclic) bond motifs is 1. The molecule has 1 fully saturated rings. The number of nitrogens with one attached hydrogen (secondary N) is 1. The second-order valence-corrected chi connectivity index (χ2v) is 8.76. The number of methoxy groups -OCH3 is 1. The number of ether oxygens (including phenoxy) is 1. The fourth-order valence-corrected chi connectivity index (χ4v) is 4.57. The van der Waals surface area contributed by atoms with Crippen LogP contribution in [0.2, 0.25) is 0 Å². The summed E-state index contributed by atoms with van der Waals surface area (Å²) in [6.07, 6.45) is 9.95. The number of nitriles is 1. The van der Waals surface area contributed by atoms with Crippen LogP contribution in [-0.2, 0) is 4.79 Å². The Kier molecular flexibility index (Phi) is 6.43. The van der Waals surface area contributed by atoms with Crippen LogP contribution in [0.1, 0.15) is 34.8 Å². The molecule has 1 N–H and O–H groups in total. The van der Waals surface area contributed by atoms with Crippen LogP contribution in [-0.4, -0.2) is 56.3 Å². The molecule has 0 saturated carbocycles. The topological polar surface area (TPSA) is 118 Å². The molecule has 4 heterocycles. The van der Waals surface area contributed by atoms with E-state index in [1.54, 1.807) is 42.1 Å². The summed E-state index contributed by atoms with van der Waals surface area (Å²) in [5, 5.41) is 20.9. The first-order valence-corrected chi connectivity index (χ1v) is 11.8. The minimum absolute atomic E-state index is 0.0300. The van der Waals surface area contributed by atoms with Crippen molar-refractivity contribution in [2.24, 2.45) is 0 Å². The maximum atomic E-state index is 13.0. The standard InChI is InChI=1S/C27H25N7O3/c1-3-25(35)31-22-6-4-18(5-7-22)27(36)32-10-8-23(9-11-32)33-17-21(15-29-33)19-12-24(37-2)26-20(13-28)14-30-34(26)16-19/h3-7,12,14-17,23H,1,8-11H2,2H3,(H,31,35). The van der Waals surface area contributed by atoms with E-state index >= 15 is 0 Å². The molecule has 186 valence electrons. The lowest BCUT2D eigenvalue weighted by molar-refractivity contribution is -0.111. The number of nitrogens with zero attached hydrogens (tertiary/aromatic N) is 6. The number of likely N-dealkylation sites (tertiary alicyclic amines) is 1. The first-order valence-electron chi connectivity index (χ1n) is 11.8. The first-order chi connectivity index (χ1) is 18.0. The number of pyridine rings is 1. The highest BCUT2D eigenvalue weighted by Gasteiger charge is 2.25. The Labute approximate surface area is 213 Å². The van der Waals surface area contributed by atoms with Crippen molar-refractivity contribution in [2.75, 3.05) is 25.5 Å². The van der Waals surface area contributed by atoms with E-state index in [0.29, 0.717) is 41.2 Å². The van der Waals surface area contributed by atoms with Crippen molar-refractivity contribution in [3.05, 3.63) is 78.9 Å². The zero-order valence-electron chi connectivity index (χ0n) is 20.3. The summed E-state index contributed by atoms with van der Waals surface area (Å²) in [6, 6.07) is 11.1. The molecule has 0 atom stereocenters. The Morgan fingerprint density at radius 2 is 1.89 bits per heavy atom. The number of hydrogen-bond donors (Lipinski definition) is 1. The van der Waals surface area contributed by atoms with Gasteiger partial charge in [-0.05, 0) is 49.2 Å². The van der Waals surface area contributed by atoms with Crippen molar-refractivity contribution in [1.82, 2.24) is 24.3 Å². The second kappa shape index (κ2) is 9.99. The maximum absolute atomic E-state index is 13.0. The van der Waals surface area contributed by atoms with Crippen molar-refractivity contribution in [3.63, 3.8) is 0 Å². The van der Waals surface area contributed by atoms with Gasteiger partial charge in [0.15, 0.2) is 0 Å². The summed E-state index contributed by atoms with van der Waals surface area (Å²) in [6.45, 7) is 4.68. The summed E-state index contributed by atoms with van der Waals surface area (Å²) in [4.78, 5) is 26.3. The lowest BCUT2D eigenvalue weighted by Gasteiger charge is -2.32. The van der Waals surface area contributed by atoms with Gasteiger partial charge >= 0.3 is 0 Å². The second-order valence-electron chi connectivity index (χ2n) is 8.76. The number of benzene rings is 1. The van der Waals surface area contributed by atoms with Gasteiger partial charge in [-0.1, -0.05) is 6.58 Å². The smallest absolute Gasteiger partial charge is 0.253 e. The summed E-state index contributed by atoms with van der Waals surface area (Å²) >= 11 is 0. The van der Waals surface area contributed by atoms with Gasteiger partial charge in [-0.3, -0.25) is 14.3 Å². The molecule has 0 radical (unpaired) electrons. The molecule has 1 aliphatic rings. The quantitative estimate of drug-likeness (QED) is 0.408. The highest BCUT2D eigenvalue weighted by atomic mass is 16.5. The van der Waals surface area contributed by atoms with Crippen molar-refractivity contribution in [2.45, 2.75) is 18.9 Å². The Hall–Kier alpha value is -4.91. The SMILES string of the molecule is C=CC(=O)Nc1ccc(C(=O)N2CCC(n3cc(-c4cc(OC)c5c(C#N)cnn5c4)cn3)CC2)cc1. The third-order valence-corrected chi connectivity index (χ3v) is 6.56. The van der Waals surface area contributed by atoms with E-state index in [1.165, 1.54) is 12.3 Å². The van der Waals surface area contributed by atoms with Gasteiger partial charge in [0.25, 0.3) is 5.91 Å². The van der Waals surface area contributed by atoms with Crippen LogP contribution >= 0.6 is 0 Å². The molecule has 0 unspecified atom stereocenters. The van der Waals surface area contributed by atoms with Crippen LogP contribution in [0.25, 0.3) is 16.6 Å². The van der Waals surface area contributed by atoms with Gasteiger partial charge in [0.05, 0.1) is 25.5 Å². The minimum atomic E-state index is -0.294. The van der Waals surface area contributed by atoms with Crippen molar-refractivity contribution < 1.29 is 14.3 Å². The van der Waals surface area contributed by atoms with Gasteiger partial charge in [-0.15, -0.1) is 0 Å². The maximum Gasteiger partial charge on any atom is 0.253 e. The van der Waals surface area contributed by atoms with Gasteiger partial charge in [0, 0.05) is 47.9 Å². The fraction of sp³-hybridized carbons (Fsp3) is 0.222. The number of anilines is 1. The first kappa shape index (κ1) is 23.8. The molecule has 1 saturated heterocycles. The highest BCUT2D eigenvalue weighted by molar-refractivity contribution is 5.99. The summed E-state index contributed by atoms with van der Waals surface area (Å²) in [5.74, 6) is 0.247. The number of aromatic nitrogens is 4. The van der Waals surface area contributed by atoms with E-state index in [1.807, 2.05) is 28.0 Å². The number of rotatable bonds is 6. The average molecular weight is 496 g/mol. The van der Waals surface area contributed by atoms with E-state index < -0.39 is 0 Å². The highest BCUT2D eigenvalue weighted by Crippen LogP contribution is 2.31. The molecule has 3 aromatic heterocycles. The monoisotopic (exact) mass is 495 g/mol. The molecule has 5 rings (SSSR count). The average Bonchev–Trinajstić information content (AvgIpc) is 3.60. The Morgan fingerprint density at radius 1 is 1.14 bits per heavy atom. The molecule has 0 spiro atoms. The number of amides is 2. The predicted molar refractivity (Wildman–Crippen MR) is 137 cm³/mol. The van der Waals surface area contributed by atoms with Gasteiger partial charge in [0.2, 0.25) is 5.91 Å². The molecular formula is C27H25N7O3.